The summed E-state index contributed by atoms with van der Waals surface area (Å²) in [5, 5.41) is 15.7. The quantitative estimate of drug-likeness (QED) is 0.805. The molecule has 1 fully saturated rings. The molecule has 1 aliphatic carbocycles. The Morgan fingerprint density at radius 1 is 1.14 bits per heavy atom. The first-order valence-electron chi connectivity index (χ1n) is 7.11. The van der Waals surface area contributed by atoms with Gasteiger partial charge in [0.25, 0.3) is 0 Å². The zero-order valence-electron chi connectivity index (χ0n) is 11.6. The zero-order chi connectivity index (χ0) is 15.1. The summed E-state index contributed by atoms with van der Waals surface area (Å²) in [6.45, 7) is 0.156. The summed E-state index contributed by atoms with van der Waals surface area (Å²) < 4.78 is 28.5. The van der Waals surface area contributed by atoms with E-state index in [4.69, 9.17) is 0 Å². The van der Waals surface area contributed by atoms with Gasteiger partial charge in [-0.2, -0.15) is 4.52 Å². The van der Waals surface area contributed by atoms with Gasteiger partial charge in [0.05, 0.1) is 0 Å². The van der Waals surface area contributed by atoms with E-state index in [0.717, 1.165) is 30.8 Å². The molecule has 0 amide bonds. The third kappa shape index (κ3) is 2.38. The predicted octanol–water partition coefficient (Wildman–Crippen LogP) is 2.89. The summed E-state index contributed by atoms with van der Waals surface area (Å²) in [6.07, 6.45) is 2.21. The van der Waals surface area contributed by atoms with Gasteiger partial charge in [-0.05, 0) is 43.2 Å². The lowest BCUT2D eigenvalue weighted by Crippen LogP contribution is -2.07. The fourth-order valence-electron chi connectivity index (χ4n) is 2.36. The molecule has 0 aliphatic heterocycles. The first kappa shape index (κ1) is 13.1. The molecule has 0 atom stereocenters. The van der Waals surface area contributed by atoms with Gasteiger partial charge in [0.2, 0.25) is 0 Å². The Bertz CT molecular complexity index is 841. The highest BCUT2D eigenvalue weighted by Gasteiger charge is 2.29. The Kier molecular flexibility index (Phi) is 2.99. The number of rotatable bonds is 4. The molecule has 4 rings (SSSR count). The number of nitrogens with zero attached hydrogens (tertiary/aromatic N) is 4. The second kappa shape index (κ2) is 5.01. The van der Waals surface area contributed by atoms with Crippen molar-refractivity contribution < 1.29 is 8.78 Å². The van der Waals surface area contributed by atoms with E-state index in [1.165, 1.54) is 6.07 Å². The molecule has 0 radical (unpaired) electrons. The fraction of sp³-hybridized carbons (Fsp3) is 0.267. The summed E-state index contributed by atoms with van der Waals surface area (Å²) in [7, 11) is 0. The van der Waals surface area contributed by atoms with Gasteiger partial charge < -0.3 is 5.32 Å². The number of hydrogen-bond donors (Lipinski definition) is 1. The number of halogens is 2. The molecule has 0 bridgehead atoms. The molecule has 0 unspecified atom stereocenters. The molecule has 2 aromatic heterocycles. The van der Waals surface area contributed by atoms with Crippen LogP contribution < -0.4 is 5.32 Å². The summed E-state index contributed by atoms with van der Waals surface area (Å²) in [4.78, 5) is 0. The summed E-state index contributed by atoms with van der Waals surface area (Å²) >= 11 is 0. The van der Waals surface area contributed by atoms with Crippen LogP contribution in [0.4, 0.5) is 14.6 Å². The standard InChI is InChI=1S/C15H13F2N5/c16-11-3-4-12(17)10(7-11)8-18-13-5-6-14-19-20-15(9-1-2-9)22(14)21-13/h3-7,9H,1-2,8H2,(H,18,21). The maximum Gasteiger partial charge on any atom is 0.178 e. The molecule has 5 nitrogen and oxygen atoms in total. The fourth-order valence-corrected chi connectivity index (χ4v) is 2.36. The minimum atomic E-state index is -0.462. The maximum absolute atomic E-state index is 13.6. The Hall–Kier alpha value is -2.57. The van der Waals surface area contributed by atoms with Gasteiger partial charge in [-0.1, -0.05) is 0 Å². The molecule has 0 spiro atoms. The zero-order valence-corrected chi connectivity index (χ0v) is 11.6. The Morgan fingerprint density at radius 2 is 2.00 bits per heavy atom. The molecule has 2 heterocycles. The number of aromatic nitrogens is 4. The van der Waals surface area contributed by atoms with Crippen molar-refractivity contribution in [2.24, 2.45) is 0 Å². The molecule has 22 heavy (non-hydrogen) atoms. The van der Waals surface area contributed by atoms with E-state index in [1.54, 1.807) is 16.6 Å². The number of anilines is 1. The van der Waals surface area contributed by atoms with Gasteiger partial charge in [0.1, 0.15) is 17.5 Å². The van der Waals surface area contributed by atoms with Crippen molar-refractivity contribution in [1.29, 1.82) is 0 Å². The van der Waals surface area contributed by atoms with E-state index in [1.807, 2.05) is 0 Å². The van der Waals surface area contributed by atoms with E-state index in [2.05, 4.69) is 20.6 Å². The molecule has 112 valence electrons. The first-order valence-corrected chi connectivity index (χ1v) is 7.11. The van der Waals surface area contributed by atoms with Crippen LogP contribution in [0.25, 0.3) is 5.65 Å². The van der Waals surface area contributed by atoms with Gasteiger partial charge in [0, 0.05) is 18.0 Å². The van der Waals surface area contributed by atoms with Crippen LogP contribution in [0.3, 0.4) is 0 Å². The average molecular weight is 301 g/mol. The predicted molar refractivity (Wildman–Crippen MR) is 76.4 cm³/mol. The molecule has 7 heteroatoms. The van der Waals surface area contributed by atoms with Crippen molar-refractivity contribution in [2.45, 2.75) is 25.3 Å². The number of nitrogens with one attached hydrogen (secondary N) is 1. The third-order valence-corrected chi connectivity index (χ3v) is 3.70. The molecule has 1 saturated carbocycles. The van der Waals surface area contributed by atoms with E-state index >= 15 is 0 Å². The lowest BCUT2D eigenvalue weighted by molar-refractivity contribution is 0.587. The highest BCUT2D eigenvalue weighted by molar-refractivity contribution is 5.45. The molecule has 0 saturated heterocycles. The maximum atomic E-state index is 13.6. The van der Waals surface area contributed by atoms with Gasteiger partial charge in [-0.25, -0.2) is 8.78 Å². The molecule has 1 aromatic carbocycles. The Labute approximate surface area is 125 Å². The van der Waals surface area contributed by atoms with Crippen molar-refractivity contribution >= 4 is 11.5 Å². The van der Waals surface area contributed by atoms with Gasteiger partial charge in [-0.15, -0.1) is 15.3 Å². The second-order valence-electron chi connectivity index (χ2n) is 5.41. The highest BCUT2D eigenvalue weighted by atomic mass is 19.1. The molecular formula is C15H13F2N5. The van der Waals surface area contributed by atoms with Gasteiger partial charge in [0.15, 0.2) is 11.5 Å². The van der Waals surface area contributed by atoms with Crippen molar-refractivity contribution in [1.82, 2.24) is 19.8 Å². The van der Waals surface area contributed by atoms with Crippen molar-refractivity contribution in [3.8, 4) is 0 Å². The number of hydrogen-bond acceptors (Lipinski definition) is 4. The molecule has 3 aromatic rings. The minimum absolute atomic E-state index is 0.156. The van der Waals surface area contributed by atoms with E-state index in [0.29, 0.717) is 17.4 Å². The Balaban J connectivity index is 1.58. The molecule has 1 aliphatic rings. The largest absolute Gasteiger partial charge is 0.364 e. The lowest BCUT2D eigenvalue weighted by Gasteiger charge is -2.07. The van der Waals surface area contributed by atoms with Crippen molar-refractivity contribution in [3.63, 3.8) is 0 Å². The summed E-state index contributed by atoms with van der Waals surface area (Å²) in [6, 6.07) is 6.94. The van der Waals surface area contributed by atoms with Crippen LogP contribution in [0.2, 0.25) is 0 Å². The third-order valence-electron chi connectivity index (χ3n) is 3.70. The smallest absolute Gasteiger partial charge is 0.178 e. The van der Waals surface area contributed by atoms with E-state index in [9.17, 15) is 8.78 Å². The number of benzene rings is 1. The van der Waals surface area contributed by atoms with Crippen LogP contribution in [0.15, 0.2) is 30.3 Å². The topological polar surface area (TPSA) is 55.1 Å². The van der Waals surface area contributed by atoms with E-state index < -0.39 is 11.6 Å². The van der Waals surface area contributed by atoms with Crippen LogP contribution in [0.5, 0.6) is 0 Å². The number of fused-ring (bicyclic) bond motifs is 1. The monoisotopic (exact) mass is 301 g/mol. The normalized spacial score (nSPS) is 14.5. The van der Waals surface area contributed by atoms with Crippen molar-refractivity contribution in [2.75, 3.05) is 5.32 Å². The molecular weight excluding hydrogens is 288 g/mol. The SMILES string of the molecule is Fc1ccc(F)c(CNc2ccc3nnc(C4CC4)n3n2)c1. The van der Waals surface area contributed by atoms with Crippen LogP contribution in [-0.2, 0) is 6.54 Å². The van der Waals surface area contributed by atoms with Crippen molar-refractivity contribution in [3.05, 3.63) is 53.4 Å². The average Bonchev–Trinajstić information content (AvgIpc) is 3.28. The minimum Gasteiger partial charge on any atom is -0.364 e. The summed E-state index contributed by atoms with van der Waals surface area (Å²) in [5.74, 6) is 0.946. The highest BCUT2D eigenvalue weighted by Crippen LogP contribution is 2.38. The lowest BCUT2D eigenvalue weighted by atomic mass is 10.2. The van der Waals surface area contributed by atoms with E-state index in [-0.39, 0.29) is 12.1 Å². The summed E-state index contributed by atoms with van der Waals surface area (Å²) in [5.41, 5.74) is 0.942. The van der Waals surface area contributed by atoms with Crippen LogP contribution in [-0.4, -0.2) is 19.8 Å². The van der Waals surface area contributed by atoms with Crippen LogP contribution >= 0.6 is 0 Å². The first-order chi connectivity index (χ1) is 10.7. The van der Waals surface area contributed by atoms with Gasteiger partial charge >= 0.3 is 0 Å². The Morgan fingerprint density at radius 3 is 2.82 bits per heavy atom. The van der Waals surface area contributed by atoms with Crippen LogP contribution in [0.1, 0.15) is 30.1 Å². The van der Waals surface area contributed by atoms with Crippen LogP contribution in [0, 0.1) is 11.6 Å². The molecule has 1 N–H and O–H groups in total. The van der Waals surface area contributed by atoms with Gasteiger partial charge in [-0.3, -0.25) is 0 Å². The second-order valence-corrected chi connectivity index (χ2v) is 5.41.